The molecule has 0 spiro atoms. The fourth-order valence-electron chi connectivity index (χ4n) is 2.98. The van der Waals surface area contributed by atoms with E-state index in [1.54, 1.807) is 12.1 Å². The number of hydrogen-bond acceptors (Lipinski definition) is 2. The van der Waals surface area contributed by atoms with Crippen LogP contribution in [0.4, 0.5) is 10.1 Å². The van der Waals surface area contributed by atoms with Gasteiger partial charge in [-0.05, 0) is 31.5 Å². The number of benzene rings is 1. The molecule has 0 saturated heterocycles. The van der Waals surface area contributed by atoms with Gasteiger partial charge in [-0.15, -0.1) is 0 Å². The fraction of sp³-hybridized carbons (Fsp3) is 0.625. The van der Waals surface area contributed by atoms with Crippen LogP contribution >= 0.6 is 0 Å². The van der Waals surface area contributed by atoms with Gasteiger partial charge in [0.05, 0.1) is 5.69 Å². The molecule has 1 aliphatic carbocycles. The molecule has 1 fully saturated rings. The number of likely N-dealkylation sites (N-methyl/N-ethyl adjacent to an activating group) is 1. The van der Waals surface area contributed by atoms with Gasteiger partial charge in [0.25, 0.3) is 0 Å². The van der Waals surface area contributed by atoms with Crippen LogP contribution in [0.1, 0.15) is 39.0 Å². The summed E-state index contributed by atoms with van der Waals surface area (Å²) in [5, 5.41) is 3.20. The van der Waals surface area contributed by atoms with E-state index in [0.29, 0.717) is 5.69 Å². The third-order valence-electron chi connectivity index (χ3n) is 4.09. The van der Waals surface area contributed by atoms with E-state index in [4.69, 9.17) is 0 Å². The molecule has 0 bridgehead atoms. The minimum Gasteiger partial charge on any atom is -0.381 e. The second-order valence-corrected chi connectivity index (χ2v) is 5.33. The number of hydrogen-bond donors (Lipinski definition) is 1. The van der Waals surface area contributed by atoms with Crippen molar-refractivity contribution >= 4 is 5.69 Å². The van der Waals surface area contributed by atoms with Crippen molar-refractivity contribution in [2.75, 3.05) is 25.0 Å². The Hall–Kier alpha value is -1.09. The van der Waals surface area contributed by atoms with E-state index >= 15 is 0 Å². The zero-order valence-corrected chi connectivity index (χ0v) is 11.9. The predicted molar refractivity (Wildman–Crippen MR) is 79.0 cm³/mol. The van der Waals surface area contributed by atoms with Crippen molar-refractivity contribution in [3.8, 4) is 0 Å². The molecule has 1 N–H and O–H groups in total. The number of halogens is 1. The minimum absolute atomic E-state index is 0.164. The summed E-state index contributed by atoms with van der Waals surface area (Å²) in [6, 6.07) is 7.62. The lowest BCUT2D eigenvalue weighted by Crippen LogP contribution is -2.39. The highest BCUT2D eigenvalue weighted by atomic mass is 19.1. The molecule has 106 valence electrons. The molecule has 0 amide bonds. The van der Waals surface area contributed by atoms with Crippen LogP contribution in [0.25, 0.3) is 0 Å². The van der Waals surface area contributed by atoms with E-state index in [-0.39, 0.29) is 5.82 Å². The number of nitrogens with zero attached hydrogens (tertiary/aromatic N) is 1. The second-order valence-electron chi connectivity index (χ2n) is 5.33. The van der Waals surface area contributed by atoms with Gasteiger partial charge in [0.2, 0.25) is 0 Å². The quantitative estimate of drug-likeness (QED) is 0.838. The molecule has 2 nitrogen and oxygen atoms in total. The van der Waals surface area contributed by atoms with Gasteiger partial charge in [-0.25, -0.2) is 4.39 Å². The molecule has 0 atom stereocenters. The smallest absolute Gasteiger partial charge is 0.146 e. The highest BCUT2D eigenvalue weighted by Crippen LogP contribution is 2.22. The first-order valence-corrected chi connectivity index (χ1v) is 7.53. The molecule has 1 aromatic rings. The lowest BCUT2D eigenvalue weighted by molar-refractivity contribution is 0.169. The van der Waals surface area contributed by atoms with Crippen LogP contribution in [-0.4, -0.2) is 30.6 Å². The highest BCUT2D eigenvalue weighted by molar-refractivity contribution is 5.44. The molecule has 0 heterocycles. The fourth-order valence-corrected chi connectivity index (χ4v) is 2.98. The molecule has 3 heteroatoms. The Kier molecular flexibility index (Phi) is 5.64. The van der Waals surface area contributed by atoms with Gasteiger partial charge >= 0.3 is 0 Å². The van der Waals surface area contributed by atoms with Gasteiger partial charge in [0, 0.05) is 19.1 Å². The lowest BCUT2D eigenvalue weighted by atomic mass is 9.94. The second kappa shape index (κ2) is 7.49. The van der Waals surface area contributed by atoms with Gasteiger partial charge in [-0.2, -0.15) is 0 Å². The largest absolute Gasteiger partial charge is 0.381 e. The summed E-state index contributed by atoms with van der Waals surface area (Å²) in [6.45, 7) is 5.11. The average molecular weight is 264 g/mol. The van der Waals surface area contributed by atoms with E-state index in [1.807, 2.05) is 6.07 Å². The highest BCUT2D eigenvalue weighted by Gasteiger charge is 2.19. The van der Waals surface area contributed by atoms with E-state index in [2.05, 4.69) is 17.1 Å². The summed E-state index contributed by atoms with van der Waals surface area (Å²) in [7, 11) is 0. The molecule has 0 radical (unpaired) electrons. The molecule has 1 aliphatic rings. The van der Waals surface area contributed by atoms with Crippen molar-refractivity contribution in [3.05, 3.63) is 30.1 Å². The lowest BCUT2D eigenvalue weighted by Gasteiger charge is -2.33. The summed E-state index contributed by atoms with van der Waals surface area (Å²) in [6.07, 6.45) is 6.77. The molecule has 0 aliphatic heterocycles. The summed E-state index contributed by atoms with van der Waals surface area (Å²) in [4.78, 5) is 2.53. The van der Waals surface area contributed by atoms with Crippen molar-refractivity contribution in [1.29, 1.82) is 0 Å². The minimum atomic E-state index is -0.164. The zero-order valence-electron chi connectivity index (χ0n) is 11.9. The van der Waals surface area contributed by atoms with Crippen molar-refractivity contribution < 1.29 is 4.39 Å². The normalized spacial score (nSPS) is 16.8. The molecular weight excluding hydrogens is 239 g/mol. The summed E-state index contributed by atoms with van der Waals surface area (Å²) in [5.74, 6) is -0.164. The monoisotopic (exact) mass is 264 g/mol. The van der Waals surface area contributed by atoms with Crippen LogP contribution in [-0.2, 0) is 0 Å². The number of anilines is 1. The topological polar surface area (TPSA) is 15.3 Å². The van der Waals surface area contributed by atoms with E-state index in [1.165, 1.54) is 38.2 Å². The molecule has 0 aromatic heterocycles. The van der Waals surface area contributed by atoms with Crippen LogP contribution < -0.4 is 5.32 Å². The Morgan fingerprint density at radius 1 is 1.21 bits per heavy atom. The van der Waals surface area contributed by atoms with E-state index in [9.17, 15) is 4.39 Å². The zero-order chi connectivity index (χ0) is 13.5. The maximum absolute atomic E-state index is 13.5. The SMILES string of the molecule is CCN(CCNc1ccccc1F)C1CCCCC1. The van der Waals surface area contributed by atoms with Gasteiger partial charge in [-0.1, -0.05) is 38.3 Å². The Labute approximate surface area is 116 Å². The molecular formula is C16H25FN2. The maximum Gasteiger partial charge on any atom is 0.146 e. The summed E-state index contributed by atoms with van der Waals surface area (Å²) in [5.41, 5.74) is 0.613. The van der Waals surface area contributed by atoms with Gasteiger partial charge in [0.15, 0.2) is 0 Å². The van der Waals surface area contributed by atoms with Crippen LogP contribution in [0, 0.1) is 5.82 Å². The van der Waals surface area contributed by atoms with Crippen molar-refractivity contribution in [3.63, 3.8) is 0 Å². The Balaban J connectivity index is 1.78. The van der Waals surface area contributed by atoms with Gasteiger partial charge in [-0.3, -0.25) is 4.90 Å². The number of nitrogens with one attached hydrogen (secondary N) is 1. The number of para-hydroxylation sites is 1. The molecule has 1 saturated carbocycles. The maximum atomic E-state index is 13.5. The predicted octanol–water partition coefficient (Wildman–Crippen LogP) is 3.89. The first kappa shape index (κ1) is 14.3. The first-order valence-electron chi connectivity index (χ1n) is 7.53. The van der Waals surface area contributed by atoms with Gasteiger partial charge in [0.1, 0.15) is 5.82 Å². The van der Waals surface area contributed by atoms with Crippen molar-refractivity contribution in [2.45, 2.75) is 45.1 Å². The van der Waals surface area contributed by atoms with E-state index < -0.39 is 0 Å². The number of rotatable bonds is 6. The molecule has 19 heavy (non-hydrogen) atoms. The van der Waals surface area contributed by atoms with Crippen LogP contribution in [0.15, 0.2) is 24.3 Å². The average Bonchev–Trinajstić information content (AvgIpc) is 2.46. The standard InChI is InChI=1S/C16H25FN2/c1-2-19(14-8-4-3-5-9-14)13-12-18-16-11-7-6-10-15(16)17/h6-7,10-11,14,18H,2-5,8-9,12-13H2,1H3. The van der Waals surface area contributed by atoms with Crippen molar-refractivity contribution in [2.24, 2.45) is 0 Å². The molecule has 0 unspecified atom stereocenters. The Bertz CT molecular complexity index is 375. The third-order valence-corrected chi connectivity index (χ3v) is 4.09. The van der Waals surface area contributed by atoms with Crippen molar-refractivity contribution in [1.82, 2.24) is 4.90 Å². The van der Waals surface area contributed by atoms with Crippen LogP contribution in [0.3, 0.4) is 0 Å². The molecule has 1 aromatic carbocycles. The first-order chi connectivity index (χ1) is 9.31. The van der Waals surface area contributed by atoms with Crippen LogP contribution in [0.5, 0.6) is 0 Å². The van der Waals surface area contributed by atoms with E-state index in [0.717, 1.165) is 25.7 Å². The third kappa shape index (κ3) is 4.20. The van der Waals surface area contributed by atoms with Gasteiger partial charge < -0.3 is 5.32 Å². The summed E-state index contributed by atoms with van der Waals surface area (Å²) >= 11 is 0. The van der Waals surface area contributed by atoms with Crippen LogP contribution in [0.2, 0.25) is 0 Å². The Morgan fingerprint density at radius 2 is 1.95 bits per heavy atom. The summed E-state index contributed by atoms with van der Waals surface area (Å²) < 4.78 is 13.5. The Morgan fingerprint density at radius 3 is 2.63 bits per heavy atom. The molecule has 2 rings (SSSR count).